The van der Waals surface area contributed by atoms with Gasteiger partial charge in [-0.2, -0.15) is 0 Å². The smallest absolute Gasteiger partial charge is 0.191 e. The normalized spacial score (nSPS) is 11.5. The zero-order chi connectivity index (χ0) is 19.0. The van der Waals surface area contributed by atoms with Crippen LogP contribution < -0.4 is 15.4 Å². The third-order valence-corrected chi connectivity index (χ3v) is 4.95. The molecule has 5 nitrogen and oxygen atoms in total. The second-order valence-corrected chi connectivity index (χ2v) is 7.74. The molecule has 0 amide bonds. The van der Waals surface area contributed by atoms with Gasteiger partial charge in [0.15, 0.2) is 5.96 Å². The minimum absolute atomic E-state index is 0. The van der Waals surface area contributed by atoms with Crippen molar-refractivity contribution in [1.82, 2.24) is 15.6 Å². The summed E-state index contributed by atoms with van der Waals surface area (Å²) in [6, 6.07) is 7.95. The van der Waals surface area contributed by atoms with Gasteiger partial charge in [-0.25, -0.2) is 4.98 Å². The van der Waals surface area contributed by atoms with E-state index < -0.39 is 0 Å². The van der Waals surface area contributed by atoms with Crippen LogP contribution in [0.2, 0.25) is 0 Å². The lowest BCUT2D eigenvalue weighted by atomic mass is 9.98. The molecule has 0 spiro atoms. The van der Waals surface area contributed by atoms with Crippen molar-refractivity contribution in [2.45, 2.75) is 39.3 Å². The standard InChI is InChI=1S/C20H28N4OS.HI/c1-6-11-25-17-10-8-7-9-15(17)12-22-19(21-5)23-13-16-14-26-18(24-16)20(2,3)4;/h6-10,14H,1,11-13H2,2-5H3,(H2,21,22,23);1H. The first kappa shape index (κ1) is 23.4. The van der Waals surface area contributed by atoms with Gasteiger partial charge in [-0.15, -0.1) is 35.3 Å². The topological polar surface area (TPSA) is 58.5 Å². The summed E-state index contributed by atoms with van der Waals surface area (Å²) in [5.41, 5.74) is 2.18. The van der Waals surface area contributed by atoms with Crippen molar-refractivity contribution < 1.29 is 4.74 Å². The summed E-state index contributed by atoms with van der Waals surface area (Å²) in [4.78, 5) is 8.98. The molecule has 1 aromatic carbocycles. The number of hydrogen-bond donors (Lipinski definition) is 2. The fraction of sp³-hybridized carbons (Fsp3) is 0.400. The molecule has 0 fully saturated rings. The van der Waals surface area contributed by atoms with Crippen molar-refractivity contribution in [1.29, 1.82) is 0 Å². The quantitative estimate of drug-likeness (QED) is 0.255. The van der Waals surface area contributed by atoms with Crippen LogP contribution in [0.3, 0.4) is 0 Å². The molecule has 2 N–H and O–H groups in total. The summed E-state index contributed by atoms with van der Waals surface area (Å²) in [6.45, 7) is 12.0. The van der Waals surface area contributed by atoms with Gasteiger partial charge in [0, 0.05) is 30.0 Å². The number of hydrogen-bond acceptors (Lipinski definition) is 4. The number of ether oxygens (including phenoxy) is 1. The molecule has 1 heterocycles. The second-order valence-electron chi connectivity index (χ2n) is 6.88. The van der Waals surface area contributed by atoms with Crippen LogP contribution in [0.4, 0.5) is 0 Å². The summed E-state index contributed by atoms with van der Waals surface area (Å²) >= 11 is 1.70. The van der Waals surface area contributed by atoms with E-state index in [0.29, 0.717) is 19.7 Å². The Morgan fingerprint density at radius 3 is 2.59 bits per heavy atom. The minimum atomic E-state index is 0. The van der Waals surface area contributed by atoms with Crippen LogP contribution in [-0.4, -0.2) is 24.6 Å². The molecule has 0 unspecified atom stereocenters. The molecule has 0 atom stereocenters. The zero-order valence-electron chi connectivity index (χ0n) is 16.4. The molecule has 0 aliphatic rings. The van der Waals surface area contributed by atoms with Crippen LogP contribution in [-0.2, 0) is 18.5 Å². The molecular weight excluding hydrogens is 471 g/mol. The van der Waals surface area contributed by atoms with Crippen molar-refractivity contribution in [3.8, 4) is 5.75 Å². The van der Waals surface area contributed by atoms with Crippen molar-refractivity contribution >= 4 is 41.3 Å². The lowest BCUT2D eigenvalue weighted by molar-refractivity contribution is 0.358. The Morgan fingerprint density at radius 1 is 1.26 bits per heavy atom. The SMILES string of the molecule is C=CCOc1ccccc1CNC(=NC)NCc1csc(C(C)(C)C)n1.I. The molecule has 0 aliphatic heterocycles. The van der Waals surface area contributed by atoms with Gasteiger partial charge >= 0.3 is 0 Å². The number of para-hydroxylation sites is 1. The average molecular weight is 500 g/mol. The van der Waals surface area contributed by atoms with E-state index in [1.54, 1.807) is 24.5 Å². The predicted octanol–water partition coefficient (Wildman–Crippen LogP) is 4.49. The molecule has 0 saturated carbocycles. The van der Waals surface area contributed by atoms with Crippen molar-refractivity contribution in [2.75, 3.05) is 13.7 Å². The number of guanidine groups is 1. The van der Waals surface area contributed by atoms with E-state index in [1.165, 1.54) is 0 Å². The molecule has 0 saturated heterocycles. The summed E-state index contributed by atoms with van der Waals surface area (Å²) < 4.78 is 5.69. The molecule has 0 aliphatic carbocycles. The van der Waals surface area contributed by atoms with Gasteiger partial charge in [0.1, 0.15) is 12.4 Å². The number of halogens is 1. The first-order valence-electron chi connectivity index (χ1n) is 8.65. The third kappa shape index (κ3) is 7.50. The third-order valence-electron chi connectivity index (χ3n) is 3.63. The van der Waals surface area contributed by atoms with E-state index in [-0.39, 0.29) is 29.4 Å². The predicted molar refractivity (Wildman–Crippen MR) is 125 cm³/mol. The van der Waals surface area contributed by atoms with Crippen LogP contribution in [0.15, 0.2) is 47.3 Å². The molecule has 0 radical (unpaired) electrons. The number of benzene rings is 1. The molecule has 148 valence electrons. The summed E-state index contributed by atoms with van der Waals surface area (Å²) in [6.07, 6.45) is 1.74. The largest absolute Gasteiger partial charge is 0.489 e. The highest BCUT2D eigenvalue weighted by Gasteiger charge is 2.17. The van der Waals surface area contributed by atoms with Crippen LogP contribution in [0.1, 0.15) is 37.0 Å². The Balaban J connectivity index is 0.00000364. The molecular formula is C20H29IN4OS. The van der Waals surface area contributed by atoms with Gasteiger partial charge in [-0.3, -0.25) is 4.99 Å². The van der Waals surface area contributed by atoms with Crippen molar-refractivity contribution in [3.63, 3.8) is 0 Å². The Hall–Kier alpha value is -1.61. The number of thiazole rings is 1. The highest BCUT2D eigenvalue weighted by Crippen LogP contribution is 2.25. The minimum Gasteiger partial charge on any atom is -0.489 e. The maximum absolute atomic E-state index is 5.69. The van der Waals surface area contributed by atoms with Crippen molar-refractivity contribution in [2.24, 2.45) is 4.99 Å². The summed E-state index contributed by atoms with van der Waals surface area (Å²) in [5, 5.41) is 9.87. The number of nitrogens with one attached hydrogen (secondary N) is 2. The maximum atomic E-state index is 5.69. The molecule has 27 heavy (non-hydrogen) atoms. The van der Waals surface area contributed by atoms with Gasteiger partial charge in [0.2, 0.25) is 0 Å². The summed E-state index contributed by atoms with van der Waals surface area (Å²) in [5.74, 6) is 1.58. The number of rotatable bonds is 7. The fourth-order valence-electron chi connectivity index (χ4n) is 2.25. The number of aromatic nitrogens is 1. The van der Waals surface area contributed by atoms with E-state index in [4.69, 9.17) is 9.72 Å². The van der Waals surface area contributed by atoms with E-state index >= 15 is 0 Å². The van der Waals surface area contributed by atoms with Gasteiger partial charge in [0.05, 0.1) is 17.2 Å². The van der Waals surface area contributed by atoms with E-state index in [1.807, 2.05) is 24.3 Å². The first-order valence-corrected chi connectivity index (χ1v) is 9.53. The Labute approximate surface area is 183 Å². The number of aliphatic imine (C=N–C) groups is 1. The van der Waals surface area contributed by atoms with Gasteiger partial charge in [-0.1, -0.05) is 51.6 Å². The van der Waals surface area contributed by atoms with Gasteiger partial charge in [-0.05, 0) is 6.07 Å². The Bertz CT molecular complexity index is 752. The van der Waals surface area contributed by atoms with Crippen molar-refractivity contribution in [3.05, 3.63) is 58.6 Å². The molecule has 7 heteroatoms. The van der Waals surface area contributed by atoms with Crippen LogP contribution in [0.25, 0.3) is 0 Å². The maximum Gasteiger partial charge on any atom is 0.191 e. The Kier molecular flexibility index (Phi) is 9.79. The molecule has 1 aromatic heterocycles. The second kappa shape index (κ2) is 11.3. The monoisotopic (exact) mass is 500 g/mol. The summed E-state index contributed by atoms with van der Waals surface area (Å²) in [7, 11) is 1.76. The molecule has 2 aromatic rings. The van der Waals surface area contributed by atoms with E-state index in [2.05, 4.69) is 48.4 Å². The van der Waals surface area contributed by atoms with Crippen LogP contribution in [0.5, 0.6) is 5.75 Å². The van der Waals surface area contributed by atoms with Gasteiger partial charge in [0.25, 0.3) is 0 Å². The average Bonchev–Trinajstić information content (AvgIpc) is 3.10. The highest BCUT2D eigenvalue weighted by atomic mass is 127. The van der Waals surface area contributed by atoms with E-state index in [9.17, 15) is 0 Å². The zero-order valence-corrected chi connectivity index (χ0v) is 19.6. The van der Waals surface area contributed by atoms with Crippen LogP contribution >= 0.6 is 35.3 Å². The lowest BCUT2D eigenvalue weighted by Crippen LogP contribution is -2.36. The highest BCUT2D eigenvalue weighted by molar-refractivity contribution is 14.0. The molecule has 0 bridgehead atoms. The fourth-order valence-corrected chi connectivity index (χ4v) is 3.15. The van der Waals surface area contributed by atoms with E-state index in [0.717, 1.165) is 28.0 Å². The lowest BCUT2D eigenvalue weighted by Gasteiger charge is -2.14. The first-order chi connectivity index (χ1) is 12.4. The molecule has 2 rings (SSSR count). The Morgan fingerprint density at radius 2 is 1.96 bits per heavy atom. The van der Waals surface area contributed by atoms with Crippen LogP contribution in [0, 0.1) is 0 Å². The number of nitrogens with zero attached hydrogens (tertiary/aromatic N) is 2. The van der Waals surface area contributed by atoms with Gasteiger partial charge < -0.3 is 15.4 Å².